The van der Waals surface area contributed by atoms with E-state index in [-0.39, 0.29) is 0 Å². The van der Waals surface area contributed by atoms with Crippen molar-refractivity contribution in [1.29, 1.82) is 0 Å². The number of fused-ring (bicyclic) bond motifs is 1. The Morgan fingerprint density at radius 3 is 2.52 bits per heavy atom. The number of amides is 1. The maximum Gasteiger partial charge on any atom is 0.299 e. The first-order chi connectivity index (χ1) is 10.2. The van der Waals surface area contributed by atoms with Crippen molar-refractivity contribution in [2.24, 2.45) is 0 Å². The minimum atomic E-state index is -0.519. The van der Waals surface area contributed by atoms with Crippen LogP contribution in [0.25, 0.3) is 0 Å². The van der Waals surface area contributed by atoms with Gasteiger partial charge in [-0.3, -0.25) is 14.5 Å². The van der Waals surface area contributed by atoms with Crippen molar-refractivity contribution < 1.29 is 14.3 Å². The van der Waals surface area contributed by atoms with Crippen LogP contribution in [0.2, 0.25) is 0 Å². The molecule has 0 N–H and O–H groups in total. The van der Waals surface area contributed by atoms with Gasteiger partial charge in [0, 0.05) is 5.56 Å². The molecule has 21 heavy (non-hydrogen) atoms. The number of ether oxygens (including phenoxy) is 1. The normalized spacial score (nSPS) is 13.3. The molecule has 0 spiro atoms. The lowest BCUT2D eigenvalue weighted by Gasteiger charge is -2.28. The van der Waals surface area contributed by atoms with Crippen LogP contribution in [0.1, 0.15) is 15.9 Å². The second-order valence-corrected chi connectivity index (χ2v) is 4.97. The smallest absolute Gasteiger partial charge is 0.299 e. The molecule has 0 radical (unpaired) electrons. The van der Waals surface area contributed by atoms with Gasteiger partial charge in [-0.25, -0.2) is 0 Å². The van der Waals surface area contributed by atoms with Crippen molar-refractivity contribution in [3.63, 3.8) is 0 Å². The third-order valence-electron chi connectivity index (χ3n) is 3.48. The van der Waals surface area contributed by atoms with Gasteiger partial charge in [-0.2, -0.15) is 0 Å². The molecule has 0 aromatic heterocycles. The molecule has 0 saturated carbocycles. The minimum absolute atomic E-state index is 0.382. The third kappa shape index (κ3) is 2.52. The predicted octanol–water partition coefficient (Wildman–Crippen LogP) is 2.60. The first-order valence-corrected chi connectivity index (χ1v) is 6.81. The average Bonchev–Trinajstić information content (AvgIpc) is 2.53. The number of hydrogen-bond acceptors (Lipinski definition) is 3. The molecule has 1 heterocycles. The summed E-state index contributed by atoms with van der Waals surface area (Å²) in [5.41, 5.74) is 2.11. The quantitative estimate of drug-likeness (QED) is 0.628. The van der Waals surface area contributed by atoms with Gasteiger partial charge in [0.25, 0.3) is 11.7 Å². The van der Waals surface area contributed by atoms with E-state index < -0.39 is 11.7 Å². The number of ketones is 1. The van der Waals surface area contributed by atoms with Crippen LogP contribution in [0.5, 0.6) is 5.75 Å². The summed E-state index contributed by atoms with van der Waals surface area (Å²) in [4.78, 5) is 26.3. The lowest BCUT2D eigenvalue weighted by atomic mass is 10.1. The van der Waals surface area contributed by atoms with E-state index in [1.165, 1.54) is 4.90 Å². The number of aryl methyl sites for hydroxylation is 1. The van der Waals surface area contributed by atoms with Crippen LogP contribution in [0.15, 0.2) is 48.5 Å². The number of carbonyl (C=O) groups excluding carboxylic acids is 2. The molecule has 2 aromatic rings. The summed E-state index contributed by atoms with van der Waals surface area (Å²) in [5, 5.41) is 0. The summed E-state index contributed by atoms with van der Waals surface area (Å²) in [6.45, 7) is 2.71. The van der Waals surface area contributed by atoms with Gasteiger partial charge in [0.1, 0.15) is 12.4 Å². The number of carbonyl (C=O) groups is 2. The average molecular weight is 281 g/mol. The van der Waals surface area contributed by atoms with E-state index in [1.807, 2.05) is 31.2 Å². The highest BCUT2D eigenvalue weighted by atomic mass is 16.5. The number of nitrogens with zero attached hydrogens (tertiary/aromatic N) is 1. The van der Waals surface area contributed by atoms with Crippen molar-refractivity contribution >= 4 is 17.4 Å². The molecule has 0 unspecified atom stereocenters. The van der Waals surface area contributed by atoms with Gasteiger partial charge < -0.3 is 4.74 Å². The maximum atomic E-state index is 12.5. The monoisotopic (exact) mass is 281 g/mol. The molecule has 0 saturated heterocycles. The molecule has 3 rings (SSSR count). The fraction of sp³-hybridized carbons (Fsp3) is 0.176. The number of anilines is 1. The molecule has 0 atom stereocenters. The molecule has 1 amide bonds. The second kappa shape index (κ2) is 5.40. The number of benzene rings is 2. The Hall–Kier alpha value is -2.62. The van der Waals surface area contributed by atoms with E-state index >= 15 is 0 Å². The second-order valence-electron chi connectivity index (χ2n) is 4.97. The number of rotatable bonds is 2. The zero-order valence-corrected chi connectivity index (χ0v) is 11.7. The molecular weight excluding hydrogens is 266 g/mol. The topological polar surface area (TPSA) is 46.6 Å². The summed E-state index contributed by atoms with van der Waals surface area (Å²) in [7, 11) is 0. The highest BCUT2D eigenvalue weighted by Crippen LogP contribution is 2.31. The summed E-state index contributed by atoms with van der Waals surface area (Å²) in [5.74, 6) is -0.380. The highest BCUT2D eigenvalue weighted by molar-refractivity contribution is 6.47. The first kappa shape index (κ1) is 13.4. The van der Waals surface area contributed by atoms with Gasteiger partial charge in [-0.15, -0.1) is 0 Å². The Bertz CT molecular complexity index is 691. The van der Waals surface area contributed by atoms with E-state index in [9.17, 15) is 9.59 Å². The zero-order valence-electron chi connectivity index (χ0n) is 11.7. The van der Waals surface area contributed by atoms with Crippen molar-refractivity contribution in [2.45, 2.75) is 6.92 Å². The molecule has 1 aliphatic rings. The van der Waals surface area contributed by atoms with E-state index in [0.29, 0.717) is 30.2 Å². The molecule has 4 heteroatoms. The van der Waals surface area contributed by atoms with E-state index in [1.54, 1.807) is 24.3 Å². The molecule has 0 fully saturated rings. The van der Waals surface area contributed by atoms with Crippen LogP contribution in [0.4, 0.5) is 5.69 Å². The zero-order chi connectivity index (χ0) is 14.8. The summed E-state index contributed by atoms with van der Waals surface area (Å²) < 4.78 is 5.50. The fourth-order valence-corrected chi connectivity index (χ4v) is 2.33. The Kier molecular flexibility index (Phi) is 3.44. The van der Waals surface area contributed by atoms with Gasteiger partial charge >= 0.3 is 0 Å². The molecule has 0 bridgehead atoms. The number of hydrogen-bond donors (Lipinski definition) is 0. The van der Waals surface area contributed by atoms with Crippen molar-refractivity contribution in [1.82, 2.24) is 0 Å². The standard InChI is InChI=1S/C17H15NO3/c1-12-6-8-13(9-7-12)16(19)17(20)18-10-11-21-15-5-3-2-4-14(15)18/h2-9H,10-11H2,1H3. The van der Waals surface area contributed by atoms with Crippen molar-refractivity contribution in [3.05, 3.63) is 59.7 Å². The number of para-hydroxylation sites is 2. The predicted molar refractivity (Wildman–Crippen MR) is 79.8 cm³/mol. The van der Waals surface area contributed by atoms with Crippen LogP contribution < -0.4 is 9.64 Å². The van der Waals surface area contributed by atoms with Crippen LogP contribution in [-0.4, -0.2) is 24.8 Å². The van der Waals surface area contributed by atoms with Gasteiger partial charge in [-0.1, -0.05) is 42.0 Å². The maximum absolute atomic E-state index is 12.5. The molecule has 2 aromatic carbocycles. The molecular formula is C17H15NO3. The van der Waals surface area contributed by atoms with Gasteiger partial charge in [0.15, 0.2) is 0 Å². The van der Waals surface area contributed by atoms with Crippen LogP contribution in [-0.2, 0) is 4.79 Å². The Morgan fingerprint density at radius 2 is 1.76 bits per heavy atom. The van der Waals surface area contributed by atoms with E-state index in [4.69, 9.17) is 4.74 Å². The Balaban J connectivity index is 1.89. The molecule has 0 aliphatic carbocycles. The molecule has 106 valence electrons. The summed E-state index contributed by atoms with van der Waals surface area (Å²) in [6.07, 6.45) is 0. The molecule has 1 aliphatic heterocycles. The Morgan fingerprint density at radius 1 is 1.05 bits per heavy atom. The van der Waals surface area contributed by atoms with Crippen LogP contribution in [0.3, 0.4) is 0 Å². The lowest BCUT2D eigenvalue weighted by Crippen LogP contribution is -2.41. The van der Waals surface area contributed by atoms with Crippen LogP contribution in [0, 0.1) is 6.92 Å². The van der Waals surface area contributed by atoms with Crippen LogP contribution >= 0.6 is 0 Å². The highest BCUT2D eigenvalue weighted by Gasteiger charge is 2.28. The Labute approximate surface area is 123 Å². The largest absolute Gasteiger partial charge is 0.490 e. The lowest BCUT2D eigenvalue weighted by molar-refractivity contribution is -0.114. The first-order valence-electron chi connectivity index (χ1n) is 6.81. The van der Waals surface area contributed by atoms with Gasteiger partial charge in [-0.05, 0) is 19.1 Å². The van der Waals surface area contributed by atoms with E-state index in [0.717, 1.165) is 5.56 Å². The minimum Gasteiger partial charge on any atom is -0.490 e. The van der Waals surface area contributed by atoms with Gasteiger partial charge in [0.05, 0.1) is 12.2 Å². The third-order valence-corrected chi connectivity index (χ3v) is 3.48. The van der Waals surface area contributed by atoms with Gasteiger partial charge in [0.2, 0.25) is 0 Å². The summed E-state index contributed by atoms with van der Waals surface area (Å²) >= 11 is 0. The van der Waals surface area contributed by atoms with E-state index in [2.05, 4.69) is 0 Å². The summed E-state index contributed by atoms with van der Waals surface area (Å²) in [6, 6.07) is 14.3. The SMILES string of the molecule is Cc1ccc(C(=O)C(=O)N2CCOc3ccccc32)cc1. The fourth-order valence-electron chi connectivity index (χ4n) is 2.33. The number of Topliss-reactive ketones (excluding diaryl/α,β-unsaturated/α-hetero) is 1. The molecule has 4 nitrogen and oxygen atoms in total. The van der Waals surface area contributed by atoms with Crippen molar-refractivity contribution in [3.8, 4) is 5.75 Å². The van der Waals surface area contributed by atoms with Crippen molar-refractivity contribution in [2.75, 3.05) is 18.1 Å².